The van der Waals surface area contributed by atoms with Crippen molar-refractivity contribution in [3.05, 3.63) is 87.1 Å². The number of halogens is 2. The van der Waals surface area contributed by atoms with Crippen molar-refractivity contribution in [2.24, 2.45) is 0 Å². The van der Waals surface area contributed by atoms with Crippen LogP contribution in [0.2, 0.25) is 5.02 Å². The number of hydrogen-bond acceptors (Lipinski definition) is 6. The molecule has 10 heteroatoms. The topological polar surface area (TPSA) is 89.7 Å². The maximum atomic E-state index is 15.3. The normalized spacial score (nSPS) is 17.2. The minimum Gasteiger partial charge on any atom is -0.478 e. The van der Waals surface area contributed by atoms with Crippen LogP contribution in [0.3, 0.4) is 0 Å². The Hall–Kier alpha value is -3.53. The van der Waals surface area contributed by atoms with Crippen molar-refractivity contribution < 1.29 is 23.8 Å². The second-order valence-electron chi connectivity index (χ2n) is 10.1. The van der Waals surface area contributed by atoms with Gasteiger partial charge in [0.25, 0.3) is 0 Å². The highest BCUT2D eigenvalue weighted by molar-refractivity contribution is 6.30. The van der Waals surface area contributed by atoms with E-state index in [1.807, 2.05) is 31.2 Å². The van der Waals surface area contributed by atoms with Gasteiger partial charge in [0, 0.05) is 30.3 Å². The predicted octanol–water partition coefficient (Wildman–Crippen LogP) is 5.16. The van der Waals surface area contributed by atoms with Gasteiger partial charge >= 0.3 is 5.97 Å². The Kier molecular flexibility index (Phi) is 6.97. The van der Waals surface area contributed by atoms with Crippen LogP contribution in [0.5, 0.6) is 5.88 Å². The summed E-state index contributed by atoms with van der Waals surface area (Å²) >= 11 is 5.99. The van der Waals surface area contributed by atoms with Crippen LogP contribution in [0.25, 0.3) is 11.0 Å². The monoisotopic (exact) mass is 550 g/mol. The van der Waals surface area contributed by atoms with Gasteiger partial charge in [-0.15, -0.1) is 0 Å². The van der Waals surface area contributed by atoms with Crippen molar-refractivity contribution in [3.63, 3.8) is 0 Å². The van der Waals surface area contributed by atoms with E-state index in [2.05, 4.69) is 11.0 Å². The molecule has 2 aliphatic rings. The number of ether oxygens (including phenoxy) is 2. The molecule has 4 aromatic rings. The average Bonchev–Trinajstić information content (AvgIpc) is 3.23. The molecule has 0 spiro atoms. The van der Waals surface area contributed by atoms with Crippen LogP contribution in [0.15, 0.2) is 42.5 Å². The van der Waals surface area contributed by atoms with E-state index < -0.39 is 11.8 Å². The lowest BCUT2D eigenvalue weighted by Gasteiger charge is -2.30. The van der Waals surface area contributed by atoms with Crippen LogP contribution < -0.4 is 4.74 Å². The summed E-state index contributed by atoms with van der Waals surface area (Å²) in [6.07, 6.45) is 1.66. The summed E-state index contributed by atoms with van der Waals surface area (Å²) in [5.74, 6) is -0.784. The van der Waals surface area contributed by atoms with Crippen molar-refractivity contribution in [1.82, 2.24) is 19.4 Å². The van der Waals surface area contributed by atoms with E-state index in [1.165, 1.54) is 11.6 Å². The van der Waals surface area contributed by atoms with Gasteiger partial charge in [-0.25, -0.2) is 19.2 Å². The molecule has 4 heterocycles. The molecule has 1 saturated heterocycles. The summed E-state index contributed by atoms with van der Waals surface area (Å²) in [4.78, 5) is 23.4. The fourth-order valence-corrected chi connectivity index (χ4v) is 5.30. The van der Waals surface area contributed by atoms with Gasteiger partial charge in [-0.2, -0.15) is 0 Å². The van der Waals surface area contributed by atoms with Crippen molar-refractivity contribution in [1.29, 1.82) is 0 Å². The molecule has 0 aliphatic carbocycles. The largest absolute Gasteiger partial charge is 0.478 e. The Bertz CT molecular complexity index is 1550. The van der Waals surface area contributed by atoms with Gasteiger partial charge in [-0.05, 0) is 61.2 Å². The molecular weight excluding hydrogens is 523 g/mol. The van der Waals surface area contributed by atoms with Gasteiger partial charge in [0.1, 0.15) is 17.9 Å². The van der Waals surface area contributed by atoms with Crippen LogP contribution in [0.1, 0.15) is 45.0 Å². The van der Waals surface area contributed by atoms with Gasteiger partial charge < -0.3 is 19.1 Å². The lowest BCUT2D eigenvalue weighted by Crippen LogP contribution is -2.34. The maximum absolute atomic E-state index is 15.3. The number of pyridine rings is 1. The van der Waals surface area contributed by atoms with Crippen LogP contribution in [0, 0.1) is 12.7 Å². The highest BCUT2D eigenvalue weighted by atomic mass is 35.5. The molecule has 2 aromatic heterocycles. The van der Waals surface area contributed by atoms with Crippen molar-refractivity contribution in [2.45, 2.75) is 52.1 Å². The molecule has 0 radical (unpaired) electrons. The van der Waals surface area contributed by atoms with Gasteiger partial charge in [-0.3, -0.25) is 4.90 Å². The third-order valence-corrected chi connectivity index (χ3v) is 7.65. The summed E-state index contributed by atoms with van der Waals surface area (Å²) in [5.41, 5.74) is 4.43. The van der Waals surface area contributed by atoms with E-state index >= 15 is 4.39 Å². The Morgan fingerprint density at radius 3 is 2.74 bits per heavy atom. The van der Waals surface area contributed by atoms with Crippen molar-refractivity contribution in [2.75, 3.05) is 13.2 Å². The number of imidazole rings is 1. The summed E-state index contributed by atoms with van der Waals surface area (Å²) in [6.45, 7) is 5.36. The minimum atomic E-state index is -1.30. The summed E-state index contributed by atoms with van der Waals surface area (Å²) < 4.78 is 28.8. The third kappa shape index (κ3) is 5.22. The summed E-state index contributed by atoms with van der Waals surface area (Å²) in [6, 6.07) is 12.5. The van der Waals surface area contributed by atoms with Crippen LogP contribution in [0.4, 0.5) is 4.39 Å². The van der Waals surface area contributed by atoms with Crippen molar-refractivity contribution >= 4 is 28.6 Å². The van der Waals surface area contributed by atoms with Gasteiger partial charge in [0.2, 0.25) is 5.88 Å². The highest BCUT2D eigenvalue weighted by Crippen LogP contribution is 2.29. The SMILES string of the molecule is Cc1cc2c(nc1OCc1ccc(Cl)cc1)CN(Cc1nc3ccc(C(=O)O)c(F)c3n1C[C@@H]1CCO1)CC2. The molecule has 1 N–H and O–H groups in total. The second-order valence-corrected chi connectivity index (χ2v) is 10.5. The molecule has 8 nitrogen and oxygen atoms in total. The molecule has 202 valence electrons. The zero-order valence-electron chi connectivity index (χ0n) is 21.5. The molecule has 2 aromatic carbocycles. The number of aromatic nitrogens is 3. The number of nitrogens with zero attached hydrogens (tertiary/aromatic N) is 4. The molecule has 0 amide bonds. The fraction of sp³-hybridized carbons (Fsp3) is 0.345. The minimum absolute atomic E-state index is 0.0406. The molecule has 39 heavy (non-hydrogen) atoms. The van der Waals surface area contributed by atoms with Crippen molar-refractivity contribution in [3.8, 4) is 5.88 Å². The lowest BCUT2D eigenvalue weighted by molar-refractivity contribution is -0.0592. The van der Waals surface area contributed by atoms with E-state index in [0.717, 1.165) is 36.2 Å². The number of aryl methyl sites for hydroxylation is 1. The van der Waals surface area contributed by atoms with E-state index in [0.29, 0.717) is 55.1 Å². The fourth-order valence-electron chi connectivity index (χ4n) is 5.17. The average molecular weight is 551 g/mol. The number of benzene rings is 2. The van der Waals surface area contributed by atoms with Gasteiger partial charge in [0.15, 0.2) is 5.82 Å². The number of carbonyl (C=O) groups is 1. The molecule has 0 saturated carbocycles. The zero-order valence-corrected chi connectivity index (χ0v) is 22.2. The standard InChI is InChI=1S/C29H28ClFN4O4/c1-17-12-19-8-10-34(14-24(19)33-28(17)39-16-18-2-4-20(30)5-3-18)15-25-32-23-7-6-22(29(36)37)26(31)27(23)35(25)13-21-9-11-38-21/h2-7,12,21H,8-11,13-16H2,1H3,(H,36,37)/t21-/m0/s1. The molecule has 1 atom stereocenters. The number of carboxylic acids is 1. The van der Waals surface area contributed by atoms with Gasteiger partial charge in [-0.1, -0.05) is 23.7 Å². The predicted molar refractivity (Wildman–Crippen MR) is 144 cm³/mol. The number of rotatable bonds is 8. The Morgan fingerprint density at radius 1 is 1.23 bits per heavy atom. The van der Waals surface area contributed by atoms with E-state index in [9.17, 15) is 9.90 Å². The van der Waals surface area contributed by atoms with Gasteiger partial charge in [0.05, 0.1) is 36.0 Å². The number of hydrogen-bond donors (Lipinski definition) is 1. The number of aromatic carboxylic acids is 1. The maximum Gasteiger partial charge on any atom is 0.338 e. The number of fused-ring (bicyclic) bond motifs is 2. The molecular formula is C29H28ClFN4O4. The first kappa shape index (κ1) is 25.7. The zero-order chi connectivity index (χ0) is 27.1. The molecule has 2 aliphatic heterocycles. The first-order chi connectivity index (χ1) is 18.9. The first-order valence-electron chi connectivity index (χ1n) is 13.0. The van der Waals surface area contributed by atoms with Crippen LogP contribution >= 0.6 is 11.6 Å². The molecule has 0 unspecified atom stereocenters. The summed E-state index contributed by atoms with van der Waals surface area (Å²) in [5, 5.41) is 10.1. The smallest absolute Gasteiger partial charge is 0.338 e. The quantitative estimate of drug-likeness (QED) is 0.324. The molecule has 1 fully saturated rings. The van der Waals surface area contributed by atoms with Crippen LogP contribution in [-0.2, 0) is 37.4 Å². The first-order valence-corrected chi connectivity index (χ1v) is 13.3. The Morgan fingerprint density at radius 2 is 2.03 bits per heavy atom. The van der Waals surface area contributed by atoms with E-state index in [4.69, 9.17) is 31.0 Å². The van der Waals surface area contributed by atoms with Crippen LogP contribution in [-0.4, -0.2) is 49.8 Å². The Labute approximate surface area is 229 Å². The lowest BCUT2D eigenvalue weighted by atomic mass is 10.0. The summed E-state index contributed by atoms with van der Waals surface area (Å²) in [7, 11) is 0. The third-order valence-electron chi connectivity index (χ3n) is 7.40. The highest BCUT2D eigenvalue weighted by Gasteiger charge is 2.27. The second kappa shape index (κ2) is 10.6. The molecule has 6 rings (SSSR count). The Balaban J connectivity index is 1.24. The number of carboxylic acid groups (broad SMARTS) is 1. The molecule has 0 bridgehead atoms. The van der Waals surface area contributed by atoms with E-state index in [-0.39, 0.29) is 17.2 Å². The van der Waals surface area contributed by atoms with E-state index in [1.54, 1.807) is 10.6 Å².